The van der Waals surface area contributed by atoms with Gasteiger partial charge in [0.2, 0.25) is 0 Å². The highest BCUT2D eigenvalue weighted by molar-refractivity contribution is 7.80. The molecule has 2 rings (SSSR count). The van der Waals surface area contributed by atoms with Crippen molar-refractivity contribution in [3.63, 3.8) is 0 Å². The first-order valence-corrected chi connectivity index (χ1v) is 7.75. The van der Waals surface area contributed by atoms with Crippen molar-refractivity contribution in [3.8, 4) is 23.8 Å². The fourth-order valence-corrected chi connectivity index (χ4v) is 1.88. The van der Waals surface area contributed by atoms with Crippen molar-refractivity contribution >= 4 is 23.5 Å². The van der Waals surface area contributed by atoms with Gasteiger partial charge in [0.05, 0.1) is 20.4 Å². The van der Waals surface area contributed by atoms with Crippen LogP contribution in [-0.2, 0) is 0 Å². The number of ether oxygens (including phenoxy) is 3. The molecule has 10 heteroatoms. The lowest BCUT2D eigenvalue weighted by atomic mass is 10.2. The van der Waals surface area contributed by atoms with Crippen molar-refractivity contribution in [1.29, 1.82) is 0 Å². The number of rotatable bonds is 7. The van der Waals surface area contributed by atoms with Crippen molar-refractivity contribution in [3.05, 3.63) is 29.8 Å². The summed E-state index contributed by atoms with van der Waals surface area (Å²) in [7, 11) is 2.89. The van der Waals surface area contributed by atoms with Gasteiger partial charge in [0, 0.05) is 12.1 Å². The Labute approximate surface area is 150 Å². The van der Waals surface area contributed by atoms with E-state index < -0.39 is 0 Å². The van der Waals surface area contributed by atoms with E-state index in [0.29, 0.717) is 23.0 Å². The Morgan fingerprint density at radius 1 is 1.12 bits per heavy atom. The van der Waals surface area contributed by atoms with Crippen LogP contribution < -0.4 is 25.0 Å². The van der Waals surface area contributed by atoms with Gasteiger partial charge in [-0.05, 0) is 31.3 Å². The van der Waals surface area contributed by atoms with E-state index in [1.54, 1.807) is 12.3 Å². The van der Waals surface area contributed by atoms with E-state index in [9.17, 15) is 0 Å². The van der Waals surface area contributed by atoms with Crippen LogP contribution >= 0.6 is 12.2 Å². The molecule has 0 aliphatic rings. The number of aromatic nitrogens is 3. The normalized spacial score (nSPS) is 10.4. The van der Waals surface area contributed by atoms with E-state index in [1.165, 1.54) is 14.2 Å². The number of nitrogens with zero attached hydrogens (tertiary/aromatic N) is 4. The molecule has 2 aromatic rings. The molecule has 1 aromatic heterocycles. The molecule has 0 fully saturated rings. The Hall–Kier alpha value is -3.01. The first-order valence-electron chi connectivity index (χ1n) is 7.34. The van der Waals surface area contributed by atoms with E-state index in [0.717, 1.165) is 0 Å². The maximum Gasteiger partial charge on any atom is 0.331 e. The quantitative estimate of drug-likeness (QED) is 0.431. The zero-order valence-electron chi connectivity index (χ0n) is 14.0. The first kappa shape index (κ1) is 18.3. The SMILES string of the molecule is CCNC(=S)NN=Cc1ccccc1Oc1nc(OC)nc(OC)n1. The molecule has 0 unspecified atom stereocenters. The number of thiocarbonyl (C=S) groups is 1. The zero-order valence-corrected chi connectivity index (χ0v) is 14.8. The predicted molar refractivity (Wildman–Crippen MR) is 96.5 cm³/mol. The minimum absolute atomic E-state index is 0.0423. The summed E-state index contributed by atoms with van der Waals surface area (Å²) in [6.07, 6.45) is 1.58. The number of nitrogens with one attached hydrogen (secondary N) is 2. The number of hydrogen-bond acceptors (Lipinski definition) is 8. The molecule has 0 atom stereocenters. The molecule has 0 bridgehead atoms. The van der Waals surface area contributed by atoms with Crippen LogP contribution in [0.5, 0.6) is 23.8 Å². The number of methoxy groups -OCH3 is 2. The predicted octanol–water partition coefficient (Wildman–Crippen LogP) is 1.50. The Morgan fingerprint density at radius 2 is 1.76 bits per heavy atom. The van der Waals surface area contributed by atoms with Gasteiger partial charge in [-0.15, -0.1) is 15.0 Å². The smallest absolute Gasteiger partial charge is 0.331 e. The van der Waals surface area contributed by atoms with Crippen LogP contribution in [0.1, 0.15) is 12.5 Å². The summed E-state index contributed by atoms with van der Waals surface area (Å²) in [5.41, 5.74) is 3.41. The molecule has 1 heterocycles. The van der Waals surface area contributed by atoms with E-state index >= 15 is 0 Å². The van der Waals surface area contributed by atoms with Crippen LogP contribution in [0.15, 0.2) is 29.4 Å². The minimum atomic E-state index is 0.0423. The molecule has 0 saturated carbocycles. The molecule has 0 spiro atoms. The molecule has 0 radical (unpaired) electrons. The number of benzene rings is 1. The molecule has 0 amide bonds. The van der Waals surface area contributed by atoms with Gasteiger partial charge in [0.1, 0.15) is 5.75 Å². The Bertz CT molecular complexity index is 734. The van der Waals surface area contributed by atoms with Crippen molar-refractivity contribution in [1.82, 2.24) is 25.7 Å². The molecule has 1 aromatic carbocycles. The van der Waals surface area contributed by atoms with Gasteiger partial charge >= 0.3 is 18.0 Å². The van der Waals surface area contributed by atoms with Crippen molar-refractivity contribution < 1.29 is 14.2 Å². The third kappa shape index (κ3) is 5.53. The van der Waals surface area contributed by atoms with Crippen LogP contribution in [0.3, 0.4) is 0 Å². The molecule has 0 aliphatic heterocycles. The molecule has 9 nitrogen and oxygen atoms in total. The van der Waals surface area contributed by atoms with Crippen LogP contribution in [0, 0.1) is 0 Å². The number of hydrazone groups is 1. The van der Waals surface area contributed by atoms with E-state index in [1.807, 2.05) is 25.1 Å². The second-order valence-electron chi connectivity index (χ2n) is 4.46. The molecular formula is C15H18N6O3S. The lowest BCUT2D eigenvalue weighted by Crippen LogP contribution is -2.31. The topological polar surface area (TPSA) is 103 Å². The van der Waals surface area contributed by atoms with E-state index in [-0.39, 0.29) is 18.0 Å². The fraction of sp³-hybridized carbons (Fsp3) is 0.267. The lowest BCUT2D eigenvalue weighted by molar-refractivity contribution is 0.320. The summed E-state index contributed by atoms with van der Waals surface area (Å²) < 4.78 is 15.7. The average molecular weight is 362 g/mol. The maximum absolute atomic E-state index is 5.71. The Balaban J connectivity index is 2.18. The highest BCUT2D eigenvalue weighted by Crippen LogP contribution is 2.23. The van der Waals surface area contributed by atoms with Crippen LogP contribution in [0.2, 0.25) is 0 Å². The summed E-state index contributed by atoms with van der Waals surface area (Å²) in [4.78, 5) is 12.0. The maximum atomic E-state index is 5.71. The highest BCUT2D eigenvalue weighted by atomic mass is 32.1. The second-order valence-corrected chi connectivity index (χ2v) is 4.87. The fourth-order valence-electron chi connectivity index (χ4n) is 1.69. The van der Waals surface area contributed by atoms with Gasteiger partial charge in [-0.2, -0.15) is 5.10 Å². The van der Waals surface area contributed by atoms with Gasteiger partial charge < -0.3 is 19.5 Å². The van der Waals surface area contributed by atoms with Gasteiger partial charge in [-0.1, -0.05) is 12.1 Å². The van der Waals surface area contributed by atoms with Gasteiger partial charge in [0.15, 0.2) is 5.11 Å². The summed E-state index contributed by atoms with van der Waals surface area (Å²) >= 11 is 5.04. The molecule has 2 N–H and O–H groups in total. The Kier molecular flexibility index (Phi) is 6.84. The summed E-state index contributed by atoms with van der Waals surface area (Å²) in [6, 6.07) is 7.47. The number of hydrogen-bond donors (Lipinski definition) is 2. The van der Waals surface area contributed by atoms with Crippen LogP contribution in [0.4, 0.5) is 0 Å². The minimum Gasteiger partial charge on any atom is -0.467 e. The van der Waals surface area contributed by atoms with Crippen LogP contribution in [-0.4, -0.2) is 47.0 Å². The third-order valence-electron chi connectivity index (χ3n) is 2.77. The monoisotopic (exact) mass is 362 g/mol. The average Bonchev–Trinajstić information content (AvgIpc) is 2.63. The molecule has 25 heavy (non-hydrogen) atoms. The van der Waals surface area contributed by atoms with Crippen LogP contribution in [0.25, 0.3) is 0 Å². The third-order valence-corrected chi connectivity index (χ3v) is 3.00. The largest absolute Gasteiger partial charge is 0.467 e. The highest BCUT2D eigenvalue weighted by Gasteiger charge is 2.11. The van der Waals surface area contributed by atoms with E-state index in [4.69, 9.17) is 26.4 Å². The van der Waals surface area contributed by atoms with Gasteiger partial charge in [-0.25, -0.2) is 0 Å². The van der Waals surface area contributed by atoms with Crippen molar-refractivity contribution in [2.24, 2.45) is 5.10 Å². The molecule has 132 valence electrons. The zero-order chi connectivity index (χ0) is 18.1. The standard InChI is InChI=1S/C15H18N6O3S/c1-4-16-15(25)21-17-9-10-7-5-6-8-11(10)24-14-19-12(22-2)18-13(20-14)23-3/h5-9H,4H2,1-3H3,(H2,16,21,25). The summed E-state index contributed by atoms with van der Waals surface area (Å²) in [5.74, 6) is 0.498. The lowest BCUT2D eigenvalue weighted by Gasteiger charge is -2.08. The van der Waals surface area contributed by atoms with Gasteiger partial charge in [-0.3, -0.25) is 5.43 Å². The van der Waals surface area contributed by atoms with Gasteiger partial charge in [0.25, 0.3) is 0 Å². The second kappa shape index (κ2) is 9.33. The molecule has 0 aliphatic carbocycles. The Morgan fingerprint density at radius 3 is 2.40 bits per heavy atom. The number of para-hydroxylation sites is 1. The van der Waals surface area contributed by atoms with E-state index in [2.05, 4.69) is 30.8 Å². The first-order chi connectivity index (χ1) is 12.2. The molecule has 0 saturated heterocycles. The van der Waals surface area contributed by atoms with Crippen molar-refractivity contribution in [2.75, 3.05) is 20.8 Å². The summed E-state index contributed by atoms with van der Waals surface area (Å²) in [5, 5.41) is 7.44. The summed E-state index contributed by atoms with van der Waals surface area (Å²) in [6.45, 7) is 2.65. The molecular weight excluding hydrogens is 344 g/mol. The van der Waals surface area contributed by atoms with Crippen molar-refractivity contribution in [2.45, 2.75) is 6.92 Å².